The van der Waals surface area contributed by atoms with Crippen LogP contribution in [0.15, 0.2) is 24.3 Å². The summed E-state index contributed by atoms with van der Waals surface area (Å²) in [5, 5.41) is 3.53. The van der Waals surface area contributed by atoms with Crippen molar-refractivity contribution in [3.8, 4) is 0 Å². The van der Waals surface area contributed by atoms with Crippen LogP contribution in [0.3, 0.4) is 0 Å². The smallest absolute Gasteiger partial charge is 0.124 e. The van der Waals surface area contributed by atoms with Gasteiger partial charge in [-0.25, -0.2) is 4.98 Å². The largest absolute Gasteiger partial charge is 0.383 e. The van der Waals surface area contributed by atoms with Crippen molar-refractivity contribution in [3.05, 3.63) is 30.1 Å². The Labute approximate surface area is 108 Å². The average Bonchev–Trinajstić information content (AvgIpc) is 2.82. The highest BCUT2D eigenvalue weighted by atomic mass is 16.5. The van der Waals surface area contributed by atoms with Crippen LogP contribution >= 0.6 is 0 Å². The second-order valence-electron chi connectivity index (χ2n) is 4.59. The van der Waals surface area contributed by atoms with E-state index in [2.05, 4.69) is 29.1 Å². The molecule has 1 aromatic carbocycles. The molecule has 4 nitrogen and oxygen atoms in total. The number of ether oxygens (including phenoxy) is 1. The summed E-state index contributed by atoms with van der Waals surface area (Å²) in [5.41, 5.74) is 2.10. The molecule has 2 atom stereocenters. The molecular weight excluding hydrogens is 226 g/mol. The molecule has 0 amide bonds. The van der Waals surface area contributed by atoms with Gasteiger partial charge in [0.15, 0.2) is 0 Å². The molecule has 98 valence electrons. The number of nitrogens with zero attached hydrogens (tertiary/aromatic N) is 1. The van der Waals surface area contributed by atoms with Crippen LogP contribution in [-0.2, 0) is 4.74 Å². The quantitative estimate of drug-likeness (QED) is 0.825. The van der Waals surface area contributed by atoms with Crippen molar-refractivity contribution in [2.24, 2.45) is 0 Å². The fourth-order valence-electron chi connectivity index (χ4n) is 2.10. The summed E-state index contributed by atoms with van der Waals surface area (Å²) in [6.45, 7) is 5.00. The van der Waals surface area contributed by atoms with Crippen LogP contribution in [0.4, 0.5) is 0 Å². The zero-order chi connectivity index (χ0) is 13.0. The van der Waals surface area contributed by atoms with Gasteiger partial charge in [0.25, 0.3) is 0 Å². The molecule has 2 N–H and O–H groups in total. The Morgan fingerprint density at radius 1 is 1.39 bits per heavy atom. The molecule has 2 aromatic rings. The summed E-state index contributed by atoms with van der Waals surface area (Å²) in [6, 6.07) is 8.64. The van der Waals surface area contributed by atoms with E-state index in [1.165, 1.54) is 0 Å². The molecule has 0 aliphatic rings. The second kappa shape index (κ2) is 5.98. The lowest BCUT2D eigenvalue weighted by molar-refractivity contribution is 0.159. The van der Waals surface area contributed by atoms with Crippen molar-refractivity contribution < 1.29 is 4.74 Å². The number of aromatic nitrogens is 2. The molecule has 0 fully saturated rings. The topological polar surface area (TPSA) is 49.9 Å². The highest BCUT2D eigenvalue weighted by Crippen LogP contribution is 2.16. The lowest BCUT2D eigenvalue weighted by Crippen LogP contribution is -2.35. The molecule has 4 heteroatoms. The third-order valence-corrected chi connectivity index (χ3v) is 3.16. The van der Waals surface area contributed by atoms with Crippen molar-refractivity contribution in [2.75, 3.05) is 13.7 Å². The van der Waals surface area contributed by atoms with Gasteiger partial charge in [-0.05, 0) is 25.5 Å². The molecule has 2 rings (SSSR count). The Morgan fingerprint density at radius 2 is 2.17 bits per heavy atom. The van der Waals surface area contributed by atoms with E-state index in [4.69, 9.17) is 4.74 Å². The number of H-pyrrole nitrogens is 1. The first kappa shape index (κ1) is 13.1. The molecule has 18 heavy (non-hydrogen) atoms. The lowest BCUT2D eigenvalue weighted by Gasteiger charge is -2.20. The Bertz CT molecular complexity index is 461. The van der Waals surface area contributed by atoms with E-state index < -0.39 is 0 Å². The van der Waals surface area contributed by atoms with Gasteiger partial charge in [0.1, 0.15) is 5.82 Å². The first-order valence-corrected chi connectivity index (χ1v) is 6.44. The van der Waals surface area contributed by atoms with E-state index in [1.54, 1.807) is 7.11 Å². The molecule has 0 spiro atoms. The molecule has 0 aliphatic heterocycles. The Kier molecular flexibility index (Phi) is 4.33. The van der Waals surface area contributed by atoms with E-state index >= 15 is 0 Å². The van der Waals surface area contributed by atoms with Crippen molar-refractivity contribution in [2.45, 2.75) is 32.4 Å². The number of nitrogens with one attached hydrogen (secondary N) is 2. The number of para-hydroxylation sites is 2. The van der Waals surface area contributed by atoms with Gasteiger partial charge in [0, 0.05) is 13.2 Å². The molecule has 0 saturated carbocycles. The summed E-state index contributed by atoms with van der Waals surface area (Å²) >= 11 is 0. The Balaban J connectivity index is 2.10. The van der Waals surface area contributed by atoms with E-state index in [1.807, 2.05) is 24.3 Å². The maximum absolute atomic E-state index is 5.20. The summed E-state index contributed by atoms with van der Waals surface area (Å²) in [5.74, 6) is 0.978. The summed E-state index contributed by atoms with van der Waals surface area (Å²) in [6.07, 6.45) is 1.04. The minimum Gasteiger partial charge on any atom is -0.383 e. The lowest BCUT2D eigenvalue weighted by atomic mass is 10.2. The minimum atomic E-state index is 0.192. The van der Waals surface area contributed by atoms with Crippen LogP contribution in [0, 0.1) is 0 Å². The van der Waals surface area contributed by atoms with E-state index in [-0.39, 0.29) is 6.04 Å². The molecule has 0 bridgehead atoms. The fraction of sp³-hybridized carbons (Fsp3) is 0.500. The SMILES string of the molecule is CCC(COC)NC(C)c1nc2ccccc2[nH]1. The minimum absolute atomic E-state index is 0.192. The molecule has 0 saturated heterocycles. The predicted octanol–water partition coefficient (Wildman–Crippen LogP) is 2.64. The number of imidazole rings is 1. The third-order valence-electron chi connectivity index (χ3n) is 3.16. The fourth-order valence-corrected chi connectivity index (χ4v) is 2.10. The van der Waals surface area contributed by atoms with Crippen LogP contribution < -0.4 is 5.32 Å². The molecule has 0 aliphatic carbocycles. The number of rotatable bonds is 6. The van der Waals surface area contributed by atoms with Crippen molar-refractivity contribution >= 4 is 11.0 Å². The van der Waals surface area contributed by atoms with Gasteiger partial charge in [0.2, 0.25) is 0 Å². The summed E-state index contributed by atoms with van der Waals surface area (Å²) in [7, 11) is 1.73. The van der Waals surface area contributed by atoms with Crippen molar-refractivity contribution in [3.63, 3.8) is 0 Å². The molecule has 1 heterocycles. The standard InChI is InChI=1S/C14H21N3O/c1-4-11(9-18-3)15-10(2)14-16-12-7-5-6-8-13(12)17-14/h5-8,10-11,15H,4,9H2,1-3H3,(H,16,17). The van der Waals surface area contributed by atoms with Gasteiger partial charge in [-0.3, -0.25) is 0 Å². The number of hydrogen-bond donors (Lipinski definition) is 2. The van der Waals surface area contributed by atoms with Gasteiger partial charge in [-0.2, -0.15) is 0 Å². The van der Waals surface area contributed by atoms with Crippen molar-refractivity contribution in [1.82, 2.24) is 15.3 Å². The van der Waals surface area contributed by atoms with Crippen LogP contribution in [0.25, 0.3) is 11.0 Å². The Morgan fingerprint density at radius 3 is 2.83 bits per heavy atom. The van der Waals surface area contributed by atoms with E-state index in [0.29, 0.717) is 6.04 Å². The molecular formula is C14H21N3O. The predicted molar refractivity (Wildman–Crippen MR) is 73.6 cm³/mol. The van der Waals surface area contributed by atoms with Gasteiger partial charge < -0.3 is 15.0 Å². The van der Waals surface area contributed by atoms with Gasteiger partial charge >= 0.3 is 0 Å². The summed E-state index contributed by atoms with van der Waals surface area (Å²) in [4.78, 5) is 7.95. The molecule has 1 aromatic heterocycles. The van der Waals surface area contributed by atoms with Crippen LogP contribution in [-0.4, -0.2) is 29.7 Å². The van der Waals surface area contributed by atoms with Crippen LogP contribution in [0.2, 0.25) is 0 Å². The summed E-state index contributed by atoms with van der Waals surface area (Å²) < 4.78 is 5.20. The number of benzene rings is 1. The van der Waals surface area contributed by atoms with Gasteiger partial charge in [-0.1, -0.05) is 19.1 Å². The average molecular weight is 247 g/mol. The van der Waals surface area contributed by atoms with Gasteiger partial charge in [-0.15, -0.1) is 0 Å². The first-order valence-electron chi connectivity index (χ1n) is 6.44. The number of aromatic amines is 1. The van der Waals surface area contributed by atoms with Crippen LogP contribution in [0.1, 0.15) is 32.1 Å². The molecule has 2 unspecified atom stereocenters. The maximum Gasteiger partial charge on any atom is 0.124 e. The highest BCUT2D eigenvalue weighted by Gasteiger charge is 2.14. The number of hydrogen-bond acceptors (Lipinski definition) is 3. The molecule has 0 radical (unpaired) electrons. The van der Waals surface area contributed by atoms with E-state index in [9.17, 15) is 0 Å². The highest BCUT2D eigenvalue weighted by molar-refractivity contribution is 5.74. The zero-order valence-corrected chi connectivity index (χ0v) is 11.2. The Hall–Kier alpha value is -1.39. The number of methoxy groups -OCH3 is 1. The monoisotopic (exact) mass is 247 g/mol. The first-order chi connectivity index (χ1) is 8.74. The third kappa shape index (κ3) is 2.89. The van der Waals surface area contributed by atoms with Crippen molar-refractivity contribution in [1.29, 1.82) is 0 Å². The second-order valence-corrected chi connectivity index (χ2v) is 4.59. The zero-order valence-electron chi connectivity index (χ0n) is 11.2. The maximum atomic E-state index is 5.20. The van der Waals surface area contributed by atoms with E-state index in [0.717, 1.165) is 29.9 Å². The van der Waals surface area contributed by atoms with Crippen LogP contribution in [0.5, 0.6) is 0 Å². The normalized spacial score (nSPS) is 14.8. The van der Waals surface area contributed by atoms with Gasteiger partial charge in [0.05, 0.1) is 23.7 Å². The number of fused-ring (bicyclic) bond motifs is 1.